The number of nitrogens with zero attached hydrogens (tertiary/aromatic N) is 2. The van der Waals surface area contributed by atoms with Crippen molar-refractivity contribution in [2.24, 2.45) is 5.92 Å². The van der Waals surface area contributed by atoms with Crippen LogP contribution in [0.5, 0.6) is 0 Å². The number of rotatable bonds is 2. The zero-order valence-corrected chi connectivity index (χ0v) is 8.26. The van der Waals surface area contributed by atoms with E-state index in [0.717, 1.165) is 24.2 Å². The second-order valence-electron chi connectivity index (χ2n) is 3.92. The first-order valence-corrected chi connectivity index (χ1v) is 5.08. The van der Waals surface area contributed by atoms with Crippen LogP contribution in [0.25, 0.3) is 11.1 Å². The van der Waals surface area contributed by atoms with E-state index in [1.807, 2.05) is 29.2 Å². The summed E-state index contributed by atoms with van der Waals surface area (Å²) in [6.07, 6.45) is 0. The Labute approximate surface area is 87.1 Å². The molecule has 1 fully saturated rings. The first-order chi connectivity index (χ1) is 7.36. The van der Waals surface area contributed by atoms with E-state index in [2.05, 4.69) is 4.98 Å². The molecule has 0 atom stereocenters. The molecule has 15 heavy (non-hydrogen) atoms. The van der Waals surface area contributed by atoms with Crippen molar-refractivity contribution in [3.8, 4) is 0 Å². The maximum absolute atomic E-state index is 8.91. The average molecular weight is 204 g/mol. The zero-order valence-electron chi connectivity index (χ0n) is 8.26. The van der Waals surface area contributed by atoms with E-state index in [-0.39, 0.29) is 6.61 Å². The van der Waals surface area contributed by atoms with Gasteiger partial charge in [0.25, 0.3) is 6.01 Å². The molecule has 2 aromatic rings. The Morgan fingerprint density at radius 1 is 1.40 bits per heavy atom. The van der Waals surface area contributed by atoms with Crippen LogP contribution >= 0.6 is 0 Å². The van der Waals surface area contributed by atoms with Crippen LogP contribution in [0.2, 0.25) is 0 Å². The minimum absolute atomic E-state index is 0.247. The third-order valence-electron chi connectivity index (χ3n) is 2.77. The Hall–Kier alpha value is -1.55. The van der Waals surface area contributed by atoms with Crippen molar-refractivity contribution >= 4 is 17.1 Å². The minimum atomic E-state index is 0.247. The van der Waals surface area contributed by atoms with Crippen LogP contribution in [0, 0.1) is 5.92 Å². The molecule has 4 nitrogen and oxygen atoms in total. The van der Waals surface area contributed by atoms with Crippen molar-refractivity contribution in [1.29, 1.82) is 0 Å². The van der Waals surface area contributed by atoms with E-state index in [1.165, 1.54) is 0 Å². The maximum Gasteiger partial charge on any atom is 0.298 e. The fourth-order valence-electron chi connectivity index (χ4n) is 1.84. The van der Waals surface area contributed by atoms with Gasteiger partial charge in [0.15, 0.2) is 5.58 Å². The summed E-state index contributed by atoms with van der Waals surface area (Å²) in [6, 6.07) is 8.40. The average Bonchev–Trinajstić information content (AvgIpc) is 2.59. The molecule has 1 aliphatic rings. The fourth-order valence-corrected chi connectivity index (χ4v) is 1.84. The smallest absolute Gasteiger partial charge is 0.298 e. The molecule has 78 valence electrons. The van der Waals surface area contributed by atoms with E-state index in [4.69, 9.17) is 9.52 Å². The van der Waals surface area contributed by atoms with Gasteiger partial charge < -0.3 is 14.4 Å². The van der Waals surface area contributed by atoms with Gasteiger partial charge >= 0.3 is 0 Å². The number of aliphatic hydroxyl groups is 1. The van der Waals surface area contributed by atoms with Gasteiger partial charge in [-0.2, -0.15) is 4.98 Å². The van der Waals surface area contributed by atoms with Gasteiger partial charge in [0, 0.05) is 25.6 Å². The molecule has 1 saturated heterocycles. The highest BCUT2D eigenvalue weighted by Crippen LogP contribution is 2.27. The van der Waals surface area contributed by atoms with Crippen LogP contribution in [0.3, 0.4) is 0 Å². The molecule has 0 radical (unpaired) electrons. The molecular formula is C11H12N2O2. The molecular weight excluding hydrogens is 192 g/mol. The standard InChI is InChI=1S/C11H12N2O2/c14-7-8-5-13(6-8)11-12-9-3-1-2-4-10(9)15-11/h1-4,8,14H,5-7H2. The lowest BCUT2D eigenvalue weighted by Crippen LogP contribution is -2.48. The Kier molecular flexibility index (Phi) is 1.89. The van der Waals surface area contributed by atoms with Crippen molar-refractivity contribution in [3.05, 3.63) is 24.3 Å². The predicted molar refractivity (Wildman–Crippen MR) is 56.8 cm³/mol. The van der Waals surface area contributed by atoms with Crippen molar-refractivity contribution in [2.75, 3.05) is 24.6 Å². The normalized spacial score (nSPS) is 17.0. The highest BCUT2D eigenvalue weighted by molar-refractivity contribution is 5.74. The Bertz CT molecular complexity index is 441. The summed E-state index contributed by atoms with van der Waals surface area (Å²) in [5.41, 5.74) is 1.71. The summed E-state index contributed by atoms with van der Waals surface area (Å²) < 4.78 is 5.60. The Morgan fingerprint density at radius 2 is 2.20 bits per heavy atom. The highest BCUT2D eigenvalue weighted by Gasteiger charge is 2.29. The number of oxazole rings is 1. The summed E-state index contributed by atoms with van der Waals surface area (Å²) >= 11 is 0. The maximum atomic E-state index is 8.91. The summed E-state index contributed by atoms with van der Waals surface area (Å²) in [4.78, 5) is 6.42. The van der Waals surface area contributed by atoms with E-state index in [1.54, 1.807) is 0 Å². The number of benzene rings is 1. The second kappa shape index (κ2) is 3.24. The number of hydrogen-bond acceptors (Lipinski definition) is 4. The molecule has 2 heterocycles. The van der Waals surface area contributed by atoms with Gasteiger partial charge in [-0.15, -0.1) is 0 Å². The van der Waals surface area contributed by atoms with Crippen molar-refractivity contribution in [1.82, 2.24) is 4.98 Å². The minimum Gasteiger partial charge on any atom is -0.423 e. The third kappa shape index (κ3) is 1.37. The number of hydrogen-bond donors (Lipinski definition) is 1. The van der Waals surface area contributed by atoms with Gasteiger partial charge in [-0.25, -0.2) is 0 Å². The topological polar surface area (TPSA) is 49.5 Å². The Balaban J connectivity index is 1.87. The summed E-state index contributed by atoms with van der Waals surface area (Å²) in [6.45, 7) is 1.92. The molecule has 0 amide bonds. The van der Waals surface area contributed by atoms with Crippen LogP contribution in [0.4, 0.5) is 6.01 Å². The number of anilines is 1. The molecule has 0 spiro atoms. The molecule has 4 heteroatoms. The fraction of sp³-hybridized carbons (Fsp3) is 0.364. The quantitative estimate of drug-likeness (QED) is 0.800. The number of aliphatic hydroxyl groups excluding tert-OH is 1. The van der Waals surface area contributed by atoms with Crippen molar-refractivity contribution in [3.63, 3.8) is 0 Å². The largest absolute Gasteiger partial charge is 0.423 e. The number of aromatic nitrogens is 1. The van der Waals surface area contributed by atoms with E-state index < -0.39 is 0 Å². The van der Waals surface area contributed by atoms with Gasteiger partial charge in [0.2, 0.25) is 0 Å². The molecule has 1 aliphatic heterocycles. The molecule has 0 saturated carbocycles. The molecule has 3 rings (SSSR count). The van der Waals surface area contributed by atoms with Gasteiger partial charge in [0.1, 0.15) is 5.52 Å². The number of fused-ring (bicyclic) bond motifs is 1. The van der Waals surface area contributed by atoms with E-state index >= 15 is 0 Å². The molecule has 1 aromatic carbocycles. The van der Waals surface area contributed by atoms with Crippen LogP contribution < -0.4 is 4.90 Å². The third-order valence-corrected chi connectivity index (χ3v) is 2.77. The molecule has 1 aromatic heterocycles. The Morgan fingerprint density at radius 3 is 2.93 bits per heavy atom. The molecule has 1 N–H and O–H groups in total. The first kappa shape index (κ1) is 8.73. The predicted octanol–water partition coefficient (Wildman–Crippen LogP) is 1.26. The summed E-state index contributed by atoms with van der Waals surface area (Å²) in [5.74, 6) is 0.375. The summed E-state index contributed by atoms with van der Waals surface area (Å²) in [7, 11) is 0. The van der Waals surface area contributed by atoms with Crippen molar-refractivity contribution in [2.45, 2.75) is 0 Å². The van der Waals surface area contributed by atoms with Gasteiger partial charge in [-0.05, 0) is 12.1 Å². The lowest BCUT2D eigenvalue weighted by molar-refractivity contribution is 0.196. The van der Waals surface area contributed by atoms with Crippen molar-refractivity contribution < 1.29 is 9.52 Å². The van der Waals surface area contributed by atoms with Crippen LogP contribution in [0.1, 0.15) is 0 Å². The lowest BCUT2D eigenvalue weighted by atomic mass is 10.0. The first-order valence-electron chi connectivity index (χ1n) is 5.08. The van der Waals surface area contributed by atoms with E-state index in [9.17, 15) is 0 Å². The molecule has 0 aliphatic carbocycles. The second-order valence-corrected chi connectivity index (χ2v) is 3.92. The summed E-state index contributed by atoms with van der Waals surface area (Å²) in [5, 5.41) is 8.91. The van der Waals surface area contributed by atoms with Gasteiger partial charge in [0.05, 0.1) is 0 Å². The van der Waals surface area contributed by atoms with Gasteiger partial charge in [-0.1, -0.05) is 12.1 Å². The van der Waals surface area contributed by atoms with Crippen LogP contribution in [-0.2, 0) is 0 Å². The van der Waals surface area contributed by atoms with Crippen LogP contribution in [-0.4, -0.2) is 29.8 Å². The van der Waals surface area contributed by atoms with Gasteiger partial charge in [-0.3, -0.25) is 0 Å². The lowest BCUT2D eigenvalue weighted by Gasteiger charge is -2.36. The SMILES string of the molecule is OCC1CN(c2nc3ccccc3o2)C1. The molecule has 0 unspecified atom stereocenters. The van der Waals surface area contributed by atoms with Crippen LogP contribution in [0.15, 0.2) is 28.7 Å². The zero-order chi connectivity index (χ0) is 10.3. The van der Waals surface area contributed by atoms with E-state index in [0.29, 0.717) is 11.9 Å². The molecule has 0 bridgehead atoms. The monoisotopic (exact) mass is 204 g/mol. The number of para-hydroxylation sites is 2. The highest BCUT2D eigenvalue weighted by atomic mass is 16.4.